The topological polar surface area (TPSA) is 12.0 Å². The van der Waals surface area contributed by atoms with E-state index in [2.05, 4.69) is 5.32 Å². The van der Waals surface area contributed by atoms with Crippen molar-refractivity contribution in [3.8, 4) is 0 Å². The molecular formula is C7H12Cl2F3NS. The fourth-order valence-electron chi connectivity index (χ4n) is 0.650. The SMILES string of the molecule is CC(CCl)(CCl)NCCSC(F)(F)F. The first-order valence-electron chi connectivity index (χ1n) is 3.90. The van der Waals surface area contributed by atoms with Gasteiger partial charge in [0.1, 0.15) is 0 Å². The molecule has 0 radical (unpaired) electrons. The van der Waals surface area contributed by atoms with Crippen molar-refractivity contribution in [2.75, 3.05) is 24.1 Å². The van der Waals surface area contributed by atoms with E-state index in [9.17, 15) is 13.2 Å². The van der Waals surface area contributed by atoms with Gasteiger partial charge in [0.25, 0.3) is 0 Å². The summed E-state index contributed by atoms with van der Waals surface area (Å²) in [5.41, 5.74) is -4.66. The highest BCUT2D eigenvalue weighted by Crippen LogP contribution is 2.29. The normalized spacial score (nSPS) is 13.3. The smallest absolute Gasteiger partial charge is 0.308 e. The number of rotatable bonds is 6. The van der Waals surface area contributed by atoms with Crippen molar-refractivity contribution in [1.29, 1.82) is 0 Å². The molecule has 0 aromatic rings. The van der Waals surface area contributed by atoms with Crippen LogP contribution in [0.15, 0.2) is 0 Å². The molecule has 0 fully saturated rings. The fraction of sp³-hybridized carbons (Fsp3) is 1.00. The quantitative estimate of drug-likeness (QED) is 0.588. The Morgan fingerprint density at radius 2 is 1.71 bits per heavy atom. The maximum Gasteiger partial charge on any atom is 0.441 e. The van der Waals surface area contributed by atoms with E-state index in [1.807, 2.05) is 0 Å². The zero-order valence-corrected chi connectivity index (χ0v) is 9.95. The molecule has 86 valence electrons. The van der Waals surface area contributed by atoms with Crippen molar-refractivity contribution in [2.45, 2.75) is 18.0 Å². The summed E-state index contributed by atoms with van der Waals surface area (Å²) < 4.78 is 35.2. The van der Waals surface area contributed by atoms with Crippen LogP contribution in [0.25, 0.3) is 0 Å². The predicted molar refractivity (Wildman–Crippen MR) is 56.4 cm³/mol. The Balaban J connectivity index is 3.63. The Hall–Kier alpha value is 0.680. The van der Waals surface area contributed by atoms with Crippen molar-refractivity contribution >= 4 is 35.0 Å². The zero-order chi connectivity index (χ0) is 11.2. The summed E-state index contributed by atoms with van der Waals surface area (Å²) >= 11 is 11.2. The van der Waals surface area contributed by atoms with E-state index in [4.69, 9.17) is 23.2 Å². The maximum atomic E-state index is 11.7. The Bertz CT molecular complexity index is 162. The van der Waals surface area contributed by atoms with E-state index in [-0.39, 0.29) is 35.8 Å². The Morgan fingerprint density at radius 1 is 1.21 bits per heavy atom. The summed E-state index contributed by atoms with van der Waals surface area (Å²) in [6.45, 7) is 2.01. The van der Waals surface area contributed by atoms with Crippen LogP contribution in [-0.2, 0) is 0 Å². The van der Waals surface area contributed by atoms with Gasteiger partial charge in [0.2, 0.25) is 0 Å². The van der Waals surface area contributed by atoms with Crippen LogP contribution in [0.2, 0.25) is 0 Å². The number of thioether (sulfide) groups is 1. The molecular weight excluding hydrogens is 258 g/mol. The van der Waals surface area contributed by atoms with Crippen LogP contribution in [0.1, 0.15) is 6.92 Å². The van der Waals surface area contributed by atoms with E-state index in [1.54, 1.807) is 6.92 Å². The van der Waals surface area contributed by atoms with Crippen molar-refractivity contribution in [3.63, 3.8) is 0 Å². The molecule has 0 atom stereocenters. The summed E-state index contributed by atoms with van der Waals surface area (Å²) in [7, 11) is 0. The summed E-state index contributed by atoms with van der Waals surface area (Å²) in [6.07, 6.45) is 0. The highest BCUT2D eigenvalue weighted by molar-refractivity contribution is 8.00. The van der Waals surface area contributed by atoms with Gasteiger partial charge in [-0.25, -0.2) is 0 Å². The van der Waals surface area contributed by atoms with Crippen LogP contribution in [0, 0.1) is 0 Å². The van der Waals surface area contributed by atoms with Crippen LogP contribution in [-0.4, -0.2) is 35.1 Å². The molecule has 7 heteroatoms. The second-order valence-corrected chi connectivity index (χ2v) is 4.74. The highest BCUT2D eigenvalue weighted by atomic mass is 35.5. The van der Waals surface area contributed by atoms with E-state index in [1.165, 1.54) is 0 Å². The third-order valence-corrected chi connectivity index (χ3v) is 3.42. The third kappa shape index (κ3) is 7.04. The van der Waals surface area contributed by atoms with E-state index < -0.39 is 11.0 Å². The molecule has 0 amide bonds. The molecule has 0 aromatic carbocycles. The van der Waals surface area contributed by atoms with Gasteiger partial charge in [-0.15, -0.1) is 23.2 Å². The van der Waals surface area contributed by atoms with Gasteiger partial charge < -0.3 is 5.32 Å². The summed E-state index contributed by atoms with van der Waals surface area (Å²) in [5, 5.41) is 2.88. The molecule has 0 rings (SSSR count). The number of hydrogen-bond acceptors (Lipinski definition) is 2. The summed E-state index contributed by atoms with van der Waals surface area (Å²) in [4.78, 5) is 0. The Kier molecular flexibility index (Phi) is 6.61. The molecule has 1 nitrogen and oxygen atoms in total. The van der Waals surface area contributed by atoms with Gasteiger partial charge >= 0.3 is 5.51 Å². The van der Waals surface area contributed by atoms with Crippen LogP contribution < -0.4 is 5.32 Å². The van der Waals surface area contributed by atoms with Crippen molar-refractivity contribution in [1.82, 2.24) is 5.32 Å². The van der Waals surface area contributed by atoms with E-state index >= 15 is 0 Å². The van der Waals surface area contributed by atoms with Gasteiger partial charge in [-0.1, -0.05) is 0 Å². The van der Waals surface area contributed by atoms with E-state index in [0.29, 0.717) is 0 Å². The van der Waals surface area contributed by atoms with Crippen molar-refractivity contribution in [2.24, 2.45) is 0 Å². The van der Waals surface area contributed by atoms with Crippen LogP contribution in [0.5, 0.6) is 0 Å². The van der Waals surface area contributed by atoms with Crippen LogP contribution in [0.3, 0.4) is 0 Å². The lowest BCUT2D eigenvalue weighted by atomic mass is 10.1. The molecule has 0 bridgehead atoms. The number of hydrogen-bond donors (Lipinski definition) is 1. The third-order valence-electron chi connectivity index (χ3n) is 1.51. The predicted octanol–water partition coefficient (Wildman–Crippen LogP) is 3.07. The fourth-order valence-corrected chi connectivity index (χ4v) is 1.56. The lowest BCUT2D eigenvalue weighted by Crippen LogP contribution is -2.47. The van der Waals surface area contributed by atoms with Gasteiger partial charge in [-0.05, 0) is 18.7 Å². The molecule has 0 saturated carbocycles. The van der Waals surface area contributed by atoms with Gasteiger partial charge in [-0.2, -0.15) is 13.2 Å². The second kappa shape index (κ2) is 6.30. The summed E-state index contributed by atoms with van der Waals surface area (Å²) in [5.74, 6) is 0.507. The Labute approximate surface area is 95.7 Å². The first kappa shape index (κ1) is 14.7. The molecule has 0 spiro atoms. The zero-order valence-electron chi connectivity index (χ0n) is 7.63. The van der Waals surface area contributed by atoms with Crippen molar-refractivity contribution in [3.05, 3.63) is 0 Å². The first-order chi connectivity index (χ1) is 6.33. The Morgan fingerprint density at radius 3 is 2.07 bits per heavy atom. The minimum atomic E-state index is -4.17. The molecule has 0 saturated heterocycles. The largest absolute Gasteiger partial charge is 0.441 e. The molecule has 0 aliphatic rings. The van der Waals surface area contributed by atoms with Crippen LogP contribution in [0.4, 0.5) is 13.2 Å². The highest BCUT2D eigenvalue weighted by Gasteiger charge is 2.28. The van der Waals surface area contributed by atoms with E-state index in [0.717, 1.165) is 0 Å². The van der Waals surface area contributed by atoms with Gasteiger partial charge in [0, 0.05) is 29.6 Å². The average molecular weight is 270 g/mol. The van der Waals surface area contributed by atoms with Crippen molar-refractivity contribution < 1.29 is 13.2 Å². The molecule has 0 unspecified atom stereocenters. The lowest BCUT2D eigenvalue weighted by Gasteiger charge is -2.25. The van der Waals surface area contributed by atoms with Gasteiger partial charge in [0.05, 0.1) is 0 Å². The maximum absolute atomic E-state index is 11.7. The molecule has 0 aromatic heterocycles. The molecule has 14 heavy (non-hydrogen) atoms. The lowest BCUT2D eigenvalue weighted by molar-refractivity contribution is -0.0327. The second-order valence-electron chi connectivity index (χ2n) is 3.05. The number of alkyl halides is 5. The molecule has 0 aliphatic heterocycles. The summed E-state index contributed by atoms with van der Waals surface area (Å²) in [6, 6.07) is 0. The van der Waals surface area contributed by atoms with Gasteiger partial charge in [0.15, 0.2) is 0 Å². The standard InChI is InChI=1S/C7H12Cl2F3NS/c1-6(4-8,5-9)13-2-3-14-7(10,11)12/h13H,2-5H2,1H3. The monoisotopic (exact) mass is 269 g/mol. The number of halogens is 5. The minimum Gasteiger partial charge on any atom is -0.308 e. The number of nitrogens with one attached hydrogen (secondary N) is 1. The average Bonchev–Trinajstić information content (AvgIpc) is 2.11. The molecule has 0 heterocycles. The molecule has 0 aliphatic carbocycles. The van der Waals surface area contributed by atoms with Gasteiger partial charge in [-0.3, -0.25) is 0 Å². The first-order valence-corrected chi connectivity index (χ1v) is 5.96. The minimum absolute atomic E-state index is 0.0349. The molecule has 1 N–H and O–H groups in total. The van der Waals surface area contributed by atoms with Crippen LogP contribution >= 0.6 is 35.0 Å².